The fourth-order valence-corrected chi connectivity index (χ4v) is 3.91. The molecule has 1 aliphatic heterocycles. The van der Waals surface area contributed by atoms with Gasteiger partial charge >= 0.3 is 0 Å². The number of hydrogen-bond acceptors (Lipinski definition) is 6. The highest BCUT2D eigenvalue weighted by atomic mass is 32.1. The van der Waals surface area contributed by atoms with Crippen LogP contribution in [0, 0.1) is 0 Å². The molecule has 1 saturated heterocycles. The molecule has 4 rings (SSSR count). The van der Waals surface area contributed by atoms with Crippen molar-refractivity contribution < 1.29 is 19.1 Å². The Balaban J connectivity index is 1.29. The van der Waals surface area contributed by atoms with E-state index in [9.17, 15) is 9.59 Å². The van der Waals surface area contributed by atoms with Crippen LogP contribution in [0.15, 0.2) is 53.9 Å². The van der Waals surface area contributed by atoms with Gasteiger partial charge in [0.1, 0.15) is 11.5 Å². The lowest BCUT2D eigenvalue weighted by Crippen LogP contribution is -2.23. The lowest BCUT2D eigenvalue weighted by atomic mass is 10.2. The van der Waals surface area contributed by atoms with Crippen LogP contribution in [0.25, 0.3) is 11.3 Å². The molecule has 0 spiro atoms. The number of nitrogens with zero attached hydrogens (tertiary/aromatic N) is 2. The molecule has 1 N–H and O–H groups in total. The average Bonchev–Trinajstić information content (AvgIpc) is 3.42. The molecule has 0 radical (unpaired) electrons. The molecule has 30 heavy (non-hydrogen) atoms. The third kappa shape index (κ3) is 4.60. The standard InChI is InChI=1S/C22H21N3O4S/c1-28-17-8-4-15(5-9-17)19-14-30-22(23-19)24-20(26)13-29-18-10-6-16(7-11-18)25-12-2-3-21(25)27/h4-11,14H,2-3,12-13H2,1H3,(H,23,24,26). The molecule has 2 heterocycles. The Labute approximate surface area is 178 Å². The molecule has 0 atom stereocenters. The third-order valence-corrected chi connectivity index (χ3v) is 5.49. The maximum atomic E-state index is 12.2. The number of ether oxygens (including phenoxy) is 2. The first kappa shape index (κ1) is 19.9. The fourth-order valence-electron chi connectivity index (χ4n) is 3.17. The van der Waals surface area contributed by atoms with Crippen LogP contribution in [-0.2, 0) is 9.59 Å². The van der Waals surface area contributed by atoms with Gasteiger partial charge in [-0.3, -0.25) is 14.9 Å². The molecule has 1 fully saturated rings. The second kappa shape index (κ2) is 8.96. The Bertz CT molecular complexity index is 1030. The lowest BCUT2D eigenvalue weighted by Gasteiger charge is -2.16. The van der Waals surface area contributed by atoms with Gasteiger partial charge in [0.2, 0.25) is 5.91 Å². The summed E-state index contributed by atoms with van der Waals surface area (Å²) in [4.78, 5) is 30.2. The molecule has 7 nitrogen and oxygen atoms in total. The monoisotopic (exact) mass is 423 g/mol. The summed E-state index contributed by atoms with van der Waals surface area (Å²) in [6.07, 6.45) is 1.48. The summed E-state index contributed by atoms with van der Waals surface area (Å²) in [5, 5.41) is 5.15. The number of carbonyl (C=O) groups is 2. The molecule has 0 unspecified atom stereocenters. The number of carbonyl (C=O) groups excluding carboxylic acids is 2. The number of thiazole rings is 1. The molecule has 1 aromatic heterocycles. The predicted molar refractivity (Wildman–Crippen MR) is 116 cm³/mol. The van der Waals surface area contributed by atoms with Gasteiger partial charge in [0, 0.05) is 29.6 Å². The van der Waals surface area contributed by atoms with E-state index in [1.165, 1.54) is 11.3 Å². The van der Waals surface area contributed by atoms with Crippen molar-refractivity contribution in [2.45, 2.75) is 12.8 Å². The van der Waals surface area contributed by atoms with Crippen molar-refractivity contribution in [1.29, 1.82) is 0 Å². The van der Waals surface area contributed by atoms with Gasteiger partial charge in [0.15, 0.2) is 11.7 Å². The van der Waals surface area contributed by atoms with Crippen molar-refractivity contribution >= 4 is 34.0 Å². The summed E-state index contributed by atoms with van der Waals surface area (Å²) in [6.45, 7) is 0.618. The summed E-state index contributed by atoms with van der Waals surface area (Å²) in [5.74, 6) is 1.20. The number of methoxy groups -OCH3 is 1. The maximum Gasteiger partial charge on any atom is 0.264 e. The van der Waals surface area contributed by atoms with Crippen LogP contribution in [-0.4, -0.2) is 37.1 Å². The van der Waals surface area contributed by atoms with Crippen LogP contribution < -0.4 is 19.7 Å². The number of rotatable bonds is 7. The van der Waals surface area contributed by atoms with E-state index in [-0.39, 0.29) is 18.4 Å². The second-order valence-corrected chi connectivity index (χ2v) is 7.60. The summed E-state index contributed by atoms with van der Waals surface area (Å²) < 4.78 is 10.7. The molecule has 1 aliphatic rings. The molecule has 0 aliphatic carbocycles. The zero-order valence-corrected chi connectivity index (χ0v) is 17.3. The number of hydrogen-bond donors (Lipinski definition) is 1. The minimum absolute atomic E-state index is 0.126. The quantitative estimate of drug-likeness (QED) is 0.622. The number of amides is 2. The largest absolute Gasteiger partial charge is 0.497 e. The molecule has 8 heteroatoms. The Kier molecular flexibility index (Phi) is 5.94. The molecule has 0 bridgehead atoms. The van der Waals surface area contributed by atoms with Crippen LogP contribution in [0.1, 0.15) is 12.8 Å². The van der Waals surface area contributed by atoms with Crippen molar-refractivity contribution in [1.82, 2.24) is 4.98 Å². The summed E-state index contributed by atoms with van der Waals surface area (Å²) in [7, 11) is 1.62. The van der Waals surface area contributed by atoms with Crippen molar-refractivity contribution in [3.8, 4) is 22.8 Å². The molecular formula is C22H21N3O4S. The Hall–Kier alpha value is -3.39. The number of benzene rings is 2. The van der Waals surface area contributed by atoms with E-state index in [4.69, 9.17) is 9.47 Å². The topological polar surface area (TPSA) is 80.8 Å². The van der Waals surface area contributed by atoms with Gasteiger partial charge in [-0.1, -0.05) is 0 Å². The highest BCUT2D eigenvalue weighted by Crippen LogP contribution is 2.27. The smallest absolute Gasteiger partial charge is 0.264 e. The van der Waals surface area contributed by atoms with Gasteiger partial charge in [0.25, 0.3) is 5.91 Å². The molecular weight excluding hydrogens is 402 g/mol. The van der Waals surface area contributed by atoms with Crippen molar-refractivity contribution in [2.75, 3.05) is 30.5 Å². The van der Waals surface area contributed by atoms with Gasteiger partial charge in [-0.15, -0.1) is 11.3 Å². The first-order valence-corrected chi connectivity index (χ1v) is 10.4. The zero-order chi connectivity index (χ0) is 20.9. The van der Waals surface area contributed by atoms with Gasteiger partial charge in [-0.05, 0) is 55.0 Å². The number of aromatic nitrogens is 1. The first-order chi connectivity index (χ1) is 14.6. The summed E-state index contributed by atoms with van der Waals surface area (Å²) >= 11 is 1.35. The lowest BCUT2D eigenvalue weighted by molar-refractivity contribution is -0.118. The van der Waals surface area contributed by atoms with Crippen LogP contribution in [0.5, 0.6) is 11.5 Å². The van der Waals surface area contributed by atoms with Crippen molar-refractivity contribution in [3.63, 3.8) is 0 Å². The number of anilines is 2. The van der Waals surface area contributed by atoms with E-state index in [2.05, 4.69) is 10.3 Å². The van der Waals surface area contributed by atoms with Gasteiger partial charge in [-0.25, -0.2) is 4.98 Å². The first-order valence-electron chi connectivity index (χ1n) is 9.55. The van der Waals surface area contributed by atoms with Crippen LogP contribution in [0.2, 0.25) is 0 Å². The van der Waals surface area contributed by atoms with Gasteiger partial charge in [0.05, 0.1) is 12.8 Å². The predicted octanol–water partition coefficient (Wildman–Crippen LogP) is 3.96. The normalized spacial score (nSPS) is 13.4. The van der Waals surface area contributed by atoms with E-state index in [0.717, 1.165) is 35.7 Å². The Morgan fingerprint density at radius 1 is 1.13 bits per heavy atom. The maximum absolute atomic E-state index is 12.2. The van der Waals surface area contributed by atoms with E-state index >= 15 is 0 Å². The molecule has 2 aromatic carbocycles. The third-order valence-electron chi connectivity index (χ3n) is 4.73. The van der Waals surface area contributed by atoms with Crippen LogP contribution in [0.3, 0.4) is 0 Å². The van der Waals surface area contributed by atoms with Gasteiger partial charge in [-0.2, -0.15) is 0 Å². The molecule has 154 valence electrons. The van der Waals surface area contributed by atoms with Crippen molar-refractivity contribution in [3.05, 3.63) is 53.9 Å². The SMILES string of the molecule is COc1ccc(-c2csc(NC(=O)COc3ccc(N4CCCC4=O)cc3)n2)cc1. The van der Waals surface area contributed by atoms with E-state index in [0.29, 0.717) is 17.3 Å². The number of nitrogens with one attached hydrogen (secondary N) is 1. The molecule has 3 aromatic rings. The minimum Gasteiger partial charge on any atom is -0.497 e. The van der Waals surface area contributed by atoms with Gasteiger partial charge < -0.3 is 14.4 Å². The second-order valence-electron chi connectivity index (χ2n) is 6.75. The average molecular weight is 423 g/mol. The summed E-state index contributed by atoms with van der Waals surface area (Å²) in [5.41, 5.74) is 2.58. The van der Waals surface area contributed by atoms with Crippen LogP contribution in [0.4, 0.5) is 10.8 Å². The highest BCUT2D eigenvalue weighted by molar-refractivity contribution is 7.14. The van der Waals surface area contributed by atoms with Crippen molar-refractivity contribution in [2.24, 2.45) is 0 Å². The Morgan fingerprint density at radius 3 is 2.53 bits per heavy atom. The Morgan fingerprint density at radius 2 is 1.87 bits per heavy atom. The molecule has 0 saturated carbocycles. The zero-order valence-electron chi connectivity index (χ0n) is 16.5. The van der Waals surface area contributed by atoms with E-state index < -0.39 is 0 Å². The molecule has 2 amide bonds. The van der Waals surface area contributed by atoms with Crippen LogP contribution >= 0.6 is 11.3 Å². The minimum atomic E-state index is -0.288. The van der Waals surface area contributed by atoms with E-state index in [1.807, 2.05) is 41.8 Å². The summed E-state index contributed by atoms with van der Waals surface area (Å²) in [6, 6.07) is 14.8. The highest BCUT2D eigenvalue weighted by Gasteiger charge is 2.21. The fraction of sp³-hybridized carbons (Fsp3) is 0.227. The van der Waals surface area contributed by atoms with E-state index in [1.54, 1.807) is 24.1 Å².